The summed E-state index contributed by atoms with van der Waals surface area (Å²) in [7, 11) is 0. The summed E-state index contributed by atoms with van der Waals surface area (Å²) < 4.78 is 101. The summed E-state index contributed by atoms with van der Waals surface area (Å²) >= 11 is 0. The maximum Gasteiger partial charge on any atom is 0.400 e. The molecule has 0 atom stereocenters. The molecule has 0 heterocycles. The smallest absolute Gasteiger partial charge is 0.400 e. The fourth-order valence-corrected chi connectivity index (χ4v) is 4.26. The van der Waals surface area contributed by atoms with E-state index < -0.39 is 46.9 Å². The van der Waals surface area contributed by atoms with E-state index in [0.717, 1.165) is 0 Å². The molecule has 0 aliphatic heterocycles. The van der Waals surface area contributed by atoms with Crippen molar-refractivity contribution < 1.29 is 35.5 Å². The monoisotopic (exact) mass is 462 g/mol. The van der Waals surface area contributed by atoms with Crippen molar-refractivity contribution in [1.82, 2.24) is 0 Å². The lowest BCUT2D eigenvalue weighted by molar-refractivity contribution is -0.223. The van der Waals surface area contributed by atoms with E-state index >= 15 is 0 Å². The Bertz CT molecular complexity index is 913. The van der Waals surface area contributed by atoms with E-state index in [1.165, 1.54) is 0 Å². The molecule has 0 aromatic heterocycles. The molecule has 2 aromatic rings. The van der Waals surface area contributed by atoms with E-state index in [-0.39, 0.29) is 24.3 Å². The molecule has 8 heteroatoms. The molecule has 0 saturated heterocycles. The molecule has 0 bridgehead atoms. The Hall–Kier alpha value is -2.25. The number of ether oxygens (including phenoxy) is 1. The fourth-order valence-electron chi connectivity index (χ4n) is 4.26. The van der Waals surface area contributed by atoms with E-state index in [1.807, 2.05) is 6.92 Å². The van der Waals surface area contributed by atoms with Crippen LogP contribution in [0.3, 0.4) is 0 Å². The zero-order valence-corrected chi connectivity index (χ0v) is 17.7. The van der Waals surface area contributed by atoms with Gasteiger partial charge in [0.1, 0.15) is 5.75 Å². The summed E-state index contributed by atoms with van der Waals surface area (Å²) in [5, 5.41) is 0. The van der Waals surface area contributed by atoms with Crippen molar-refractivity contribution in [3.8, 4) is 5.75 Å². The minimum absolute atomic E-state index is 0.0699. The van der Waals surface area contributed by atoms with Crippen LogP contribution in [0.4, 0.5) is 30.7 Å². The van der Waals surface area contributed by atoms with Gasteiger partial charge in [-0.1, -0.05) is 25.5 Å². The molecular formula is C24H25F7O. The Labute approximate surface area is 182 Å². The first-order valence-electron chi connectivity index (χ1n) is 10.8. The summed E-state index contributed by atoms with van der Waals surface area (Å²) in [6.07, 6.45) is -0.568. The van der Waals surface area contributed by atoms with Gasteiger partial charge in [-0.05, 0) is 62.0 Å². The summed E-state index contributed by atoms with van der Waals surface area (Å²) in [5.41, 5.74) is 0.621. The Balaban J connectivity index is 1.54. The Morgan fingerprint density at radius 1 is 0.812 bits per heavy atom. The van der Waals surface area contributed by atoms with Crippen molar-refractivity contribution in [3.63, 3.8) is 0 Å². The van der Waals surface area contributed by atoms with Gasteiger partial charge in [-0.15, -0.1) is 0 Å². The zero-order valence-electron chi connectivity index (χ0n) is 17.7. The van der Waals surface area contributed by atoms with Crippen LogP contribution in [0.5, 0.6) is 5.75 Å². The van der Waals surface area contributed by atoms with Gasteiger partial charge in [0.15, 0.2) is 29.1 Å². The van der Waals surface area contributed by atoms with Gasteiger partial charge in [0, 0.05) is 12.1 Å². The van der Waals surface area contributed by atoms with Crippen LogP contribution in [0.25, 0.3) is 0 Å². The van der Waals surface area contributed by atoms with Crippen molar-refractivity contribution in [1.29, 1.82) is 0 Å². The first-order chi connectivity index (χ1) is 15.1. The van der Waals surface area contributed by atoms with Crippen LogP contribution in [0.2, 0.25) is 0 Å². The van der Waals surface area contributed by atoms with E-state index in [2.05, 4.69) is 4.74 Å². The normalized spacial score (nSPS) is 19.2. The van der Waals surface area contributed by atoms with E-state index in [4.69, 9.17) is 0 Å². The second-order valence-corrected chi connectivity index (χ2v) is 8.38. The van der Waals surface area contributed by atoms with Crippen molar-refractivity contribution >= 4 is 0 Å². The molecule has 0 amide bonds. The lowest BCUT2D eigenvalue weighted by Gasteiger charge is -2.33. The summed E-state index contributed by atoms with van der Waals surface area (Å²) in [6, 6.07) is 3.94. The van der Waals surface area contributed by atoms with Gasteiger partial charge in [-0.3, -0.25) is 0 Å². The molecule has 1 fully saturated rings. The van der Waals surface area contributed by atoms with Gasteiger partial charge in [-0.25, -0.2) is 22.0 Å². The highest BCUT2D eigenvalue weighted by atomic mass is 19.3. The van der Waals surface area contributed by atoms with Crippen molar-refractivity contribution in [3.05, 3.63) is 64.5 Å². The molecule has 1 nitrogen and oxygen atoms in total. The van der Waals surface area contributed by atoms with Crippen LogP contribution in [0, 0.1) is 40.9 Å². The first-order valence-corrected chi connectivity index (χ1v) is 10.8. The van der Waals surface area contributed by atoms with Gasteiger partial charge in [0.2, 0.25) is 0 Å². The third kappa shape index (κ3) is 5.56. The molecule has 1 aliphatic rings. The number of hydrogen-bond donors (Lipinski definition) is 0. The molecule has 1 aliphatic carbocycles. The lowest BCUT2D eigenvalue weighted by Crippen LogP contribution is -2.37. The molecule has 0 N–H and O–H groups in total. The zero-order chi connectivity index (χ0) is 23.5. The maximum atomic E-state index is 14.5. The Kier molecular flexibility index (Phi) is 7.72. The third-order valence-electron chi connectivity index (χ3n) is 6.12. The summed E-state index contributed by atoms with van der Waals surface area (Å²) in [6.45, 7) is 1.88. The van der Waals surface area contributed by atoms with Crippen molar-refractivity contribution in [2.75, 3.05) is 0 Å². The average molecular weight is 462 g/mol. The fraction of sp³-hybridized carbons (Fsp3) is 0.500. The van der Waals surface area contributed by atoms with Crippen molar-refractivity contribution in [2.45, 2.75) is 64.4 Å². The maximum absolute atomic E-state index is 14.5. The number of halogens is 7. The number of aryl methyl sites for hydroxylation is 2. The number of hydrogen-bond acceptors (Lipinski definition) is 1. The summed E-state index contributed by atoms with van der Waals surface area (Å²) in [5.74, 6) is -8.51. The van der Waals surface area contributed by atoms with Gasteiger partial charge < -0.3 is 4.74 Å². The van der Waals surface area contributed by atoms with Crippen molar-refractivity contribution in [2.24, 2.45) is 11.8 Å². The van der Waals surface area contributed by atoms with Gasteiger partial charge >= 0.3 is 6.11 Å². The van der Waals surface area contributed by atoms with Crippen LogP contribution >= 0.6 is 0 Å². The molecule has 0 spiro atoms. The van der Waals surface area contributed by atoms with E-state index in [9.17, 15) is 30.7 Å². The predicted octanol–water partition coefficient (Wildman–Crippen LogP) is 7.75. The second kappa shape index (κ2) is 10.1. The Morgan fingerprint density at radius 2 is 1.34 bits per heavy atom. The SMILES string of the molecule is CCCc1ccc(CCC2CCC(C(F)(F)Oc3cc(F)c(F)c(F)c3)CC2)c(F)c1F. The molecular weight excluding hydrogens is 437 g/mol. The van der Waals surface area contributed by atoms with Crippen LogP contribution in [0.15, 0.2) is 24.3 Å². The first kappa shape index (κ1) is 24.4. The van der Waals surface area contributed by atoms with E-state index in [1.54, 1.807) is 12.1 Å². The standard InChI is InChI=1S/C24H25F7O/c1-2-3-15-8-9-16(22(28)21(15)27)7-4-14-5-10-17(11-6-14)24(30,31)32-18-12-19(25)23(29)20(26)13-18/h8-9,12-14,17H,2-7,10-11H2,1H3. The van der Waals surface area contributed by atoms with Gasteiger partial charge in [0.05, 0.1) is 5.92 Å². The number of rotatable bonds is 8. The average Bonchev–Trinajstić information content (AvgIpc) is 2.75. The lowest BCUT2D eigenvalue weighted by atomic mass is 9.79. The number of benzene rings is 2. The second-order valence-electron chi connectivity index (χ2n) is 8.38. The minimum atomic E-state index is -3.67. The molecule has 2 aromatic carbocycles. The highest BCUT2D eigenvalue weighted by molar-refractivity contribution is 5.27. The van der Waals surface area contributed by atoms with Crippen LogP contribution in [-0.2, 0) is 12.8 Å². The molecule has 3 rings (SSSR count). The predicted molar refractivity (Wildman–Crippen MR) is 106 cm³/mol. The largest absolute Gasteiger partial charge is 0.432 e. The van der Waals surface area contributed by atoms with Crippen LogP contribution in [-0.4, -0.2) is 6.11 Å². The molecule has 0 radical (unpaired) electrons. The third-order valence-corrected chi connectivity index (χ3v) is 6.12. The van der Waals surface area contributed by atoms with E-state index in [0.29, 0.717) is 56.2 Å². The molecule has 0 unspecified atom stereocenters. The van der Waals surface area contributed by atoms with Crippen LogP contribution < -0.4 is 4.74 Å². The van der Waals surface area contributed by atoms with Crippen LogP contribution in [0.1, 0.15) is 56.6 Å². The Morgan fingerprint density at radius 3 is 1.88 bits per heavy atom. The molecule has 1 saturated carbocycles. The minimum Gasteiger partial charge on any atom is -0.432 e. The topological polar surface area (TPSA) is 9.23 Å². The highest BCUT2D eigenvalue weighted by Crippen LogP contribution is 2.41. The van der Waals surface area contributed by atoms with Gasteiger partial charge in [0.25, 0.3) is 0 Å². The molecule has 176 valence electrons. The highest BCUT2D eigenvalue weighted by Gasteiger charge is 2.44. The molecule has 32 heavy (non-hydrogen) atoms. The van der Waals surface area contributed by atoms with Gasteiger partial charge in [-0.2, -0.15) is 8.78 Å². The number of alkyl halides is 2. The summed E-state index contributed by atoms with van der Waals surface area (Å²) in [4.78, 5) is 0. The quantitative estimate of drug-likeness (QED) is 0.288.